The summed E-state index contributed by atoms with van der Waals surface area (Å²) in [5, 5.41) is 11.3. The molecule has 2 aromatic heterocycles. The molecular formula is C11H18N6S. The standard InChI is InChI=1S/C11H18N6S/c1-9-13-11(8-18-9)6-16(2)5-10-7-17(4-3-12)15-14-10/h7-8H,3-6,12H2,1-2H3. The SMILES string of the molecule is Cc1nc(CN(C)Cc2cn(CCN)nn2)cs1. The molecule has 0 amide bonds. The summed E-state index contributed by atoms with van der Waals surface area (Å²) in [6.45, 7) is 4.90. The van der Waals surface area contributed by atoms with Gasteiger partial charge in [-0.1, -0.05) is 5.21 Å². The smallest absolute Gasteiger partial charge is 0.0967 e. The van der Waals surface area contributed by atoms with Crippen molar-refractivity contribution in [2.24, 2.45) is 5.73 Å². The first kappa shape index (κ1) is 13.1. The maximum atomic E-state index is 5.47. The molecule has 0 unspecified atom stereocenters. The van der Waals surface area contributed by atoms with Crippen molar-refractivity contribution >= 4 is 11.3 Å². The highest BCUT2D eigenvalue weighted by molar-refractivity contribution is 7.09. The average molecular weight is 266 g/mol. The van der Waals surface area contributed by atoms with Crippen LogP contribution in [-0.4, -0.2) is 38.5 Å². The Kier molecular flexibility index (Phi) is 4.40. The third-order valence-electron chi connectivity index (χ3n) is 2.47. The fourth-order valence-electron chi connectivity index (χ4n) is 1.74. The molecule has 0 saturated heterocycles. The quantitative estimate of drug-likeness (QED) is 0.830. The van der Waals surface area contributed by atoms with Crippen molar-refractivity contribution in [3.63, 3.8) is 0 Å². The zero-order valence-corrected chi connectivity index (χ0v) is 11.5. The van der Waals surface area contributed by atoms with Gasteiger partial charge in [-0.05, 0) is 14.0 Å². The molecule has 2 N–H and O–H groups in total. The molecule has 0 fully saturated rings. The molecule has 0 aliphatic heterocycles. The topological polar surface area (TPSA) is 72.9 Å². The minimum absolute atomic E-state index is 0.580. The van der Waals surface area contributed by atoms with Gasteiger partial charge in [0.15, 0.2) is 0 Å². The Morgan fingerprint density at radius 1 is 1.39 bits per heavy atom. The highest BCUT2D eigenvalue weighted by atomic mass is 32.1. The third kappa shape index (κ3) is 3.59. The molecule has 0 bridgehead atoms. The summed E-state index contributed by atoms with van der Waals surface area (Å²) in [6.07, 6.45) is 1.94. The van der Waals surface area contributed by atoms with Crippen LogP contribution in [0.2, 0.25) is 0 Å². The van der Waals surface area contributed by atoms with Crippen molar-refractivity contribution in [3.05, 3.63) is 28.0 Å². The van der Waals surface area contributed by atoms with Crippen LogP contribution in [0, 0.1) is 6.92 Å². The van der Waals surface area contributed by atoms with Crippen LogP contribution in [0.5, 0.6) is 0 Å². The van der Waals surface area contributed by atoms with E-state index in [9.17, 15) is 0 Å². The van der Waals surface area contributed by atoms with Gasteiger partial charge in [0.25, 0.3) is 0 Å². The number of aromatic nitrogens is 4. The van der Waals surface area contributed by atoms with Crippen LogP contribution in [0.4, 0.5) is 0 Å². The van der Waals surface area contributed by atoms with Crippen molar-refractivity contribution < 1.29 is 0 Å². The normalized spacial score (nSPS) is 11.3. The Labute approximate surface area is 110 Å². The van der Waals surface area contributed by atoms with Gasteiger partial charge in [-0.2, -0.15) is 0 Å². The second-order valence-electron chi connectivity index (χ2n) is 4.29. The molecule has 98 valence electrons. The van der Waals surface area contributed by atoms with E-state index in [1.54, 1.807) is 16.0 Å². The van der Waals surface area contributed by atoms with Crippen LogP contribution >= 0.6 is 11.3 Å². The summed E-state index contributed by atoms with van der Waals surface area (Å²) in [6, 6.07) is 0. The van der Waals surface area contributed by atoms with E-state index in [4.69, 9.17) is 5.73 Å². The molecule has 0 aliphatic carbocycles. The summed E-state index contributed by atoms with van der Waals surface area (Å²) in [5.74, 6) is 0. The van der Waals surface area contributed by atoms with E-state index in [-0.39, 0.29) is 0 Å². The lowest BCUT2D eigenvalue weighted by molar-refractivity contribution is 0.311. The van der Waals surface area contributed by atoms with Gasteiger partial charge in [0, 0.05) is 31.2 Å². The number of hydrogen-bond acceptors (Lipinski definition) is 6. The largest absolute Gasteiger partial charge is 0.329 e. The predicted molar refractivity (Wildman–Crippen MR) is 71.1 cm³/mol. The Bertz CT molecular complexity index is 491. The van der Waals surface area contributed by atoms with Gasteiger partial charge in [-0.15, -0.1) is 16.4 Å². The first-order chi connectivity index (χ1) is 8.67. The van der Waals surface area contributed by atoms with Gasteiger partial charge in [-0.25, -0.2) is 4.98 Å². The maximum Gasteiger partial charge on any atom is 0.0967 e. The molecule has 2 heterocycles. The molecular weight excluding hydrogens is 248 g/mol. The predicted octanol–water partition coefficient (Wildman–Crippen LogP) is 0.634. The maximum absolute atomic E-state index is 5.47. The van der Waals surface area contributed by atoms with E-state index < -0.39 is 0 Å². The lowest BCUT2D eigenvalue weighted by Crippen LogP contribution is -2.17. The van der Waals surface area contributed by atoms with Gasteiger partial charge in [0.2, 0.25) is 0 Å². The van der Waals surface area contributed by atoms with E-state index in [2.05, 4.69) is 32.6 Å². The highest BCUT2D eigenvalue weighted by Crippen LogP contribution is 2.10. The summed E-state index contributed by atoms with van der Waals surface area (Å²) in [5.41, 5.74) is 7.53. The zero-order valence-electron chi connectivity index (χ0n) is 10.7. The molecule has 18 heavy (non-hydrogen) atoms. The number of aryl methyl sites for hydroxylation is 1. The van der Waals surface area contributed by atoms with E-state index in [1.807, 2.05) is 13.1 Å². The average Bonchev–Trinajstić information content (AvgIpc) is 2.89. The van der Waals surface area contributed by atoms with E-state index >= 15 is 0 Å². The molecule has 2 aromatic rings. The van der Waals surface area contributed by atoms with Crippen molar-refractivity contribution in [1.29, 1.82) is 0 Å². The minimum Gasteiger partial charge on any atom is -0.329 e. The van der Waals surface area contributed by atoms with E-state index in [1.165, 1.54) is 0 Å². The second kappa shape index (κ2) is 6.03. The molecule has 0 atom stereocenters. The van der Waals surface area contributed by atoms with Gasteiger partial charge in [0.05, 0.1) is 22.9 Å². The first-order valence-corrected chi connectivity index (χ1v) is 6.74. The van der Waals surface area contributed by atoms with Gasteiger partial charge in [-0.3, -0.25) is 9.58 Å². The number of hydrogen-bond donors (Lipinski definition) is 1. The Morgan fingerprint density at radius 2 is 2.17 bits per heavy atom. The third-order valence-corrected chi connectivity index (χ3v) is 3.30. The highest BCUT2D eigenvalue weighted by Gasteiger charge is 2.07. The Hall–Kier alpha value is -1.31. The Balaban J connectivity index is 1.88. The number of nitrogens with two attached hydrogens (primary N) is 1. The fourth-order valence-corrected chi connectivity index (χ4v) is 2.35. The molecule has 0 saturated carbocycles. The molecule has 0 aliphatic rings. The summed E-state index contributed by atoms with van der Waals surface area (Å²) >= 11 is 1.68. The van der Waals surface area contributed by atoms with Crippen LogP contribution < -0.4 is 5.73 Å². The van der Waals surface area contributed by atoms with E-state index in [0.717, 1.165) is 29.5 Å². The van der Waals surface area contributed by atoms with Crippen LogP contribution in [-0.2, 0) is 19.6 Å². The molecule has 0 spiro atoms. The van der Waals surface area contributed by atoms with E-state index in [0.29, 0.717) is 13.1 Å². The molecule has 0 radical (unpaired) electrons. The van der Waals surface area contributed by atoms with Crippen molar-refractivity contribution in [2.75, 3.05) is 13.6 Å². The van der Waals surface area contributed by atoms with Gasteiger partial charge >= 0.3 is 0 Å². The lowest BCUT2D eigenvalue weighted by atomic mass is 10.4. The zero-order chi connectivity index (χ0) is 13.0. The molecule has 7 heteroatoms. The number of nitrogens with zero attached hydrogens (tertiary/aromatic N) is 5. The lowest BCUT2D eigenvalue weighted by Gasteiger charge is -2.12. The van der Waals surface area contributed by atoms with Crippen LogP contribution in [0.25, 0.3) is 0 Å². The summed E-state index contributed by atoms with van der Waals surface area (Å²) in [7, 11) is 2.05. The molecule has 2 rings (SSSR count). The Morgan fingerprint density at radius 3 is 2.83 bits per heavy atom. The monoisotopic (exact) mass is 266 g/mol. The second-order valence-corrected chi connectivity index (χ2v) is 5.35. The number of thiazole rings is 1. The van der Waals surface area contributed by atoms with Crippen molar-refractivity contribution in [3.8, 4) is 0 Å². The molecule has 0 aromatic carbocycles. The first-order valence-electron chi connectivity index (χ1n) is 5.86. The van der Waals surface area contributed by atoms with Crippen LogP contribution in [0.1, 0.15) is 16.4 Å². The van der Waals surface area contributed by atoms with Crippen LogP contribution in [0.15, 0.2) is 11.6 Å². The number of rotatable bonds is 6. The van der Waals surface area contributed by atoms with Crippen molar-refractivity contribution in [1.82, 2.24) is 24.9 Å². The summed E-state index contributed by atoms with van der Waals surface area (Å²) in [4.78, 5) is 6.62. The van der Waals surface area contributed by atoms with Crippen LogP contribution in [0.3, 0.4) is 0 Å². The summed E-state index contributed by atoms with van der Waals surface area (Å²) < 4.78 is 1.77. The fraction of sp³-hybridized carbons (Fsp3) is 0.545. The molecule has 6 nitrogen and oxygen atoms in total. The van der Waals surface area contributed by atoms with Crippen molar-refractivity contribution in [2.45, 2.75) is 26.6 Å². The van der Waals surface area contributed by atoms with Gasteiger partial charge in [0.1, 0.15) is 0 Å². The minimum atomic E-state index is 0.580. The van der Waals surface area contributed by atoms with Gasteiger partial charge < -0.3 is 5.73 Å².